The molecule has 0 aliphatic rings. The Labute approximate surface area is 114 Å². The largest absolute Gasteiger partial charge is 0.380 e. The maximum absolute atomic E-state index is 12.0. The van der Waals surface area contributed by atoms with Gasteiger partial charge in [-0.2, -0.15) is 0 Å². The van der Waals surface area contributed by atoms with E-state index in [9.17, 15) is 4.79 Å². The number of carbonyl (C=O) groups is 1. The first kappa shape index (κ1) is 15.4. The van der Waals surface area contributed by atoms with E-state index in [0.717, 1.165) is 24.5 Å². The van der Waals surface area contributed by atoms with Gasteiger partial charge in [-0.05, 0) is 32.4 Å². The van der Waals surface area contributed by atoms with Crippen molar-refractivity contribution < 1.29 is 9.53 Å². The molecule has 1 amide bonds. The molecule has 5 heteroatoms. The molecule has 1 aromatic rings. The molecule has 2 N–H and O–H groups in total. The van der Waals surface area contributed by atoms with Crippen LogP contribution in [0.2, 0.25) is 0 Å². The molecule has 0 bridgehead atoms. The molecule has 0 spiro atoms. The van der Waals surface area contributed by atoms with Crippen LogP contribution in [0.25, 0.3) is 0 Å². The predicted molar refractivity (Wildman–Crippen MR) is 76.6 cm³/mol. The Morgan fingerprint density at radius 2 is 2.21 bits per heavy atom. The van der Waals surface area contributed by atoms with Gasteiger partial charge in [0.2, 0.25) is 0 Å². The first-order valence-electron chi connectivity index (χ1n) is 6.60. The smallest absolute Gasteiger partial charge is 0.251 e. The second-order valence-corrected chi connectivity index (χ2v) is 4.57. The molecular formula is C14H23N3O2. The van der Waals surface area contributed by atoms with E-state index in [-0.39, 0.29) is 12.0 Å². The topological polar surface area (TPSA) is 63.2 Å². The molecule has 106 valence electrons. The summed E-state index contributed by atoms with van der Waals surface area (Å²) in [5.41, 5.74) is 1.44. The highest BCUT2D eigenvalue weighted by Gasteiger charge is 2.09. The SMILES string of the molecule is CCCNc1cc(C(=O)NCC(C)OC)cc(C)n1. The van der Waals surface area contributed by atoms with Gasteiger partial charge < -0.3 is 15.4 Å². The summed E-state index contributed by atoms with van der Waals surface area (Å²) in [6, 6.07) is 3.55. The minimum Gasteiger partial charge on any atom is -0.380 e. The molecule has 1 aromatic heterocycles. The van der Waals surface area contributed by atoms with Gasteiger partial charge in [-0.25, -0.2) is 4.98 Å². The molecule has 1 atom stereocenters. The van der Waals surface area contributed by atoms with E-state index in [2.05, 4.69) is 22.5 Å². The Bertz CT molecular complexity index is 421. The Morgan fingerprint density at radius 3 is 2.84 bits per heavy atom. The van der Waals surface area contributed by atoms with Crippen molar-refractivity contribution in [1.29, 1.82) is 0 Å². The first-order chi connectivity index (χ1) is 9.06. The Kier molecular flexibility index (Phi) is 6.29. The number of hydrogen-bond donors (Lipinski definition) is 2. The fraction of sp³-hybridized carbons (Fsp3) is 0.571. The van der Waals surface area contributed by atoms with Crippen LogP contribution in [0.15, 0.2) is 12.1 Å². The van der Waals surface area contributed by atoms with Gasteiger partial charge in [-0.1, -0.05) is 6.92 Å². The third kappa shape index (κ3) is 5.26. The number of nitrogens with one attached hydrogen (secondary N) is 2. The lowest BCUT2D eigenvalue weighted by Crippen LogP contribution is -2.31. The van der Waals surface area contributed by atoms with Crippen molar-refractivity contribution in [3.63, 3.8) is 0 Å². The number of methoxy groups -OCH3 is 1. The van der Waals surface area contributed by atoms with Crippen molar-refractivity contribution in [2.24, 2.45) is 0 Å². The zero-order valence-corrected chi connectivity index (χ0v) is 12.1. The highest BCUT2D eigenvalue weighted by molar-refractivity contribution is 5.95. The molecule has 1 unspecified atom stereocenters. The molecule has 0 aromatic carbocycles. The maximum atomic E-state index is 12.0. The number of ether oxygens (including phenoxy) is 1. The number of hydrogen-bond acceptors (Lipinski definition) is 4. The standard InChI is InChI=1S/C14H23N3O2/c1-5-6-15-13-8-12(7-10(2)17-13)14(18)16-9-11(3)19-4/h7-8,11H,5-6,9H2,1-4H3,(H,15,17)(H,16,18). The minimum absolute atomic E-state index is 0.00423. The summed E-state index contributed by atoms with van der Waals surface area (Å²) in [5.74, 6) is 0.640. The van der Waals surface area contributed by atoms with Gasteiger partial charge in [-0.15, -0.1) is 0 Å². The molecule has 5 nitrogen and oxygen atoms in total. The molecule has 0 saturated carbocycles. The van der Waals surface area contributed by atoms with E-state index < -0.39 is 0 Å². The monoisotopic (exact) mass is 265 g/mol. The summed E-state index contributed by atoms with van der Waals surface area (Å²) >= 11 is 0. The molecule has 1 heterocycles. The number of anilines is 1. The average Bonchev–Trinajstić information content (AvgIpc) is 2.41. The molecule has 19 heavy (non-hydrogen) atoms. The summed E-state index contributed by atoms with van der Waals surface area (Å²) in [4.78, 5) is 16.4. The number of amides is 1. The summed E-state index contributed by atoms with van der Waals surface area (Å²) < 4.78 is 5.10. The number of aryl methyl sites for hydroxylation is 1. The zero-order chi connectivity index (χ0) is 14.3. The van der Waals surface area contributed by atoms with Crippen LogP contribution >= 0.6 is 0 Å². The van der Waals surface area contributed by atoms with Crippen molar-refractivity contribution in [2.75, 3.05) is 25.5 Å². The van der Waals surface area contributed by atoms with Gasteiger partial charge in [0, 0.05) is 31.5 Å². The van der Waals surface area contributed by atoms with E-state index in [1.807, 2.05) is 13.8 Å². The van der Waals surface area contributed by atoms with Crippen LogP contribution in [0.1, 0.15) is 36.3 Å². The van der Waals surface area contributed by atoms with E-state index in [0.29, 0.717) is 12.1 Å². The van der Waals surface area contributed by atoms with E-state index in [1.54, 1.807) is 19.2 Å². The number of rotatable bonds is 7. The summed E-state index contributed by atoms with van der Waals surface area (Å²) in [5, 5.41) is 6.03. The predicted octanol–water partition coefficient (Wildman–Crippen LogP) is 1.98. The fourth-order valence-corrected chi connectivity index (χ4v) is 1.57. The third-order valence-corrected chi connectivity index (χ3v) is 2.72. The van der Waals surface area contributed by atoms with Gasteiger partial charge in [0.1, 0.15) is 5.82 Å². The van der Waals surface area contributed by atoms with Gasteiger partial charge in [0.25, 0.3) is 5.91 Å². The molecule has 0 saturated heterocycles. The second kappa shape index (κ2) is 7.74. The highest BCUT2D eigenvalue weighted by Crippen LogP contribution is 2.10. The fourth-order valence-electron chi connectivity index (χ4n) is 1.57. The van der Waals surface area contributed by atoms with Crippen molar-refractivity contribution in [1.82, 2.24) is 10.3 Å². The van der Waals surface area contributed by atoms with Crippen LogP contribution in [0.3, 0.4) is 0 Å². The molecular weight excluding hydrogens is 242 g/mol. The van der Waals surface area contributed by atoms with Crippen LogP contribution in [0.5, 0.6) is 0 Å². The van der Waals surface area contributed by atoms with Crippen LogP contribution in [0.4, 0.5) is 5.82 Å². The average molecular weight is 265 g/mol. The summed E-state index contributed by atoms with van der Waals surface area (Å²) in [6.45, 7) is 7.22. The normalized spacial score (nSPS) is 12.0. The molecule has 0 fully saturated rings. The van der Waals surface area contributed by atoms with Crippen molar-refractivity contribution in [3.05, 3.63) is 23.4 Å². The van der Waals surface area contributed by atoms with Crippen molar-refractivity contribution in [3.8, 4) is 0 Å². The molecule has 0 aliphatic heterocycles. The first-order valence-corrected chi connectivity index (χ1v) is 6.60. The summed E-state index contributed by atoms with van der Waals surface area (Å²) in [6.07, 6.45) is 1.02. The quantitative estimate of drug-likeness (QED) is 0.791. The highest BCUT2D eigenvalue weighted by atomic mass is 16.5. The lowest BCUT2D eigenvalue weighted by atomic mass is 10.2. The number of pyridine rings is 1. The Hall–Kier alpha value is -1.62. The van der Waals surface area contributed by atoms with E-state index >= 15 is 0 Å². The Balaban J connectivity index is 2.70. The molecule has 1 rings (SSSR count). The van der Waals surface area contributed by atoms with E-state index in [1.165, 1.54) is 0 Å². The van der Waals surface area contributed by atoms with Gasteiger partial charge in [-0.3, -0.25) is 4.79 Å². The van der Waals surface area contributed by atoms with Crippen molar-refractivity contribution >= 4 is 11.7 Å². The third-order valence-electron chi connectivity index (χ3n) is 2.72. The van der Waals surface area contributed by atoms with Crippen LogP contribution in [-0.4, -0.2) is 37.2 Å². The zero-order valence-electron chi connectivity index (χ0n) is 12.1. The van der Waals surface area contributed by atoms with Crippen molar-refractivity contribution in [2.45, 2.75) is 33.3 Å². The number of nitrogens with zero attached hydrogens (tertiary/aromatic N) is 1. The van der Waals surface area contributed by atoms with Gasteiger partial charge >= 0.3 is 0 Å². The molecule has 0 radical (unpaired) electrons. The molecule has 0 aliphatic carbocycles. The maximum Gasteiger partial charge on any atom is 0.251 e. The van der Waals surface area contributed by atoms with Crippen LogP contribution < -0.4 is 10.6 Å². The van der Waals surface area contributed by atoms with E-state index in [4.69, 9.17) is 4.74 Å². The van der Waals surface area contributed by atoms with Gasteiger partial charge in [0.05, 0.1) is 6.10 Å². The number of carbonyl (C=O) groups excluding carboxylic acids is 1. The van der Waals surface area contributed by atoms with Crippen LogP contribution in [0, 0.1) is 6.92 Å². The second-order valence-electron chi connectivity index (χ2n) is 4.57. The Morgan fingerprint density at radius 1 is 1.47 bits per heavy atom. The minimum atomic E-state index is -0.103. The van der Waals surface area contributed by atoms with Crippen LogP contribution in [-0.2, 0) is 4.74 Å². The number of aromatic nitrogens is 1. The summed E-state index contributed by atoms with van der Waals surface area (Å²) in [7, 11) is 1.63. The lowest BCUT2D eigenvalue weighted by molar-refractivity contribution is 0.0870. The van der Waals surface area contributed by atoms with Gasteiger partial charge in [0.15, 0.2) is 0 Å². The lowest BCUT2D eigenvalue weighted by Gasteiger charge is -2.12.